The van der Waals surface area contributed by atoms with E-state index in [0.29, 0.717) is 31.3 Å². The lowest BCUT2D eigenvalue weighted by atomic mass is 9.58. The lowest BCUT2D eigenvalue weighted by Crippen LogP contribution is -2.54. The van der Waals surface area contributed by atoms with Crippen molar-refractivity contribution >= 4 is 11.5 Å². The third-order valence-electron chi connectivity index (χ3n) is 5.07. The van der Waals surface area contributed by atoms with E-state index in [1.54, 1.807) is 26.8 Å². The van der Waals surface area contributed by atoms with Gasteiger partial charge in [0.2, 0.25) is 5.88 Å². The molecule has 1 saturated carbocycles. The maximum atomic E-state index is 12.9. The van der Waals surface area contributed by atoms with E-state index in [4.69, 9.17) is 10.5 Å². The number of rotatable bonds is 3. The SMILES string of the molecule is CC(C)(C)OC(=O)C12C=C(c3cccnc3OC(F)(F)F)C(N)(CC1)CC2. The molecule has 0 aliphatic heterocycles. The fraction of sp³-hybridized carbons (Fsp3) is 0.579. The van der Waals surface area contributed by atoms with Crippen LogP contribution in [0.4, 0.5) is 13.2 Å². The minimum Gasteiger partial charge on any atom is -0.459 e. The molecular formula is C19H23F3N2O3. The molecule has 2 bridgehead atoms. The van der Waals surface area contributed by atoms with Crippen LogP contribution in [0, 0.1) is 5.41 Å². The summed E-state index contributed by atoms with van der Waals surface area (Å²) in [6, 6.07) is 3.00. The van der Waals surface area contributed by atoms with Crippen molar-refractivity contribution in [3.63, 3.8) is 0 Å². The first-order valence-electron chi connectivity index (χ1n) is 8.80. The predicted molar refractivity (Wildman–Crippen MR) is 92.6 cm³/mol. The molecule has 3 aliphatic carbocycles. The molecule has 2 N–H and O–H groups in total. The summed E-state index contributed by atoms with van der Waals surface area (Å²) in [6.07, 6.45) is -0.0402. The molecule has 0 saturated heterocycles. The molecule has 1 heterocycles. The van der Waals surface area contributed by atoms with Gasteiger partial charge in [0, 0.05) is 17.3 Å². The molecule has 3 aliphatic rings. The minimum absolute atomic E-state index is 0.157. The normalized spacial score (nSPS) is 27.9. The van der Waals surface area contributed by atoms with Gasteiger partial charge in [0.05, 0.1) is 5.41 Å². The molecule has 148 valence electrons. The fourth-order valence-corrected chi connectivity index (χ4v) is 3.75. The first-order valence-corrected chi connectivity index (χ1v) is 8.80. The highest BCUT2D eigenvalue weighted by Gasteiger charge is 2.53. The second-order valence-electron chi connectivity index (χ2n) is 8.28. The van der Waals surface area contributed by atoms with Crippen molar-refractivity contribution < 1.29 is 27.4 Å². The van der Waals surface area contributed by atoms with E-state index in [-0.39, 0.29) is 11.5 Å². The van der Waals surface area contributed by atoms with Crippen LogP contribution in [0.1, 0.15) is 52.0 Å². The Kier molecular flexibility index (Phi) is 4.53. The van der Waals surface area contributed by atoms with Crippen molar-refractivity contribution in [1.82, 2.24) is 4.98 Å². The van der Waals surface area contributed by atoms with Crippen LogP contribution in [0.5, 0.6) is 5.88 Å². The number of halogens is 3. The Bertz CT molecular complexity index is 773. The van der Waals surface area contributed by atoms with Gasteiger partial charge in [-0.25, -0.2) is 4.98 Å². The highest BCUT2D eigenvalue weighted by atomic mass is 19.4. The van der Waals surface area contributed by atoms with Crippen molar-refractivity contribution in [1.29, 1.82) is 0 Å². The number of ether oxygens (including phenoxy) is 2. The minimum atomic E-state index is -4.87. The van der Waals surface area contributed by atoms with Crippen LogP contribution in [0.2, 0.25) is 0 Å². The van der Waals surface area contributed by atoms with Gasteiger partial charge < -0.3 is 15.2 Å². The maximum absolute atomic E-state index is 12.9. The van der Waals surface area contributed by atoms with Crippen molar-refractivity contribution in [3.05, 3.63) is 30.0 Å². The zero-order valence-electron chi connectivity index (χ0n) is 15.5. The Morgan fingerprint density at radius 2 is 1.81 bits per heavy atom. The molecule has 0 amide bonds. The van der Waals surface area contributed by atoms with Crippen LogP contribution in [0.3, 0.4) is 0 Å². The van der Waals surface area contributed by atoms with Crippen molar-refractivity contribution in [2.45, 2.75) is 64.0 Å². The molecule has 1 aromatic heterocycles. The van der Waals surface area contributed by atoms with Gasteiger partial charge >= 0.3 is 12.3 Å². The standard InChI is InChI=1S/C19H23F3N2O3/c1-16(2,3)27-15(25)17-6-8-18(23,9-7-17)13(11-17)12-5-4-10-24-14(12)26-19(20,21)22/h4-5,10-11H,6-9,23H2,1-3H3. The Morgan fingerprint density at radius 1 is 1.19 bits per heavy atom. The zero-order chi connectivity index (χ0) is 20.1. The second-order valence-corrected chi connectivity index (χ2v) is 8.28. The monoisotopic (exact) mass is 384 g/mol. The molecule has 0 unspecified atom stereocenters. The van der Waals surface area contributed by atoms with E-state index < -0.39 is 28.8 Å². The van der Waals surface area contributed by atoms with E-state index in [1.165, 1.54) is 18.3 Å². The van der Waals surface area contributed by atoms with Gasteiger partial charge in [0.25, 0.3) is 0 Å². The number of hydrogen-bond donors (Lipinski definition) is 1. The average Bonchev–Trinajstić information content (AvgIpc) is 2.53. The Labute approximate surface area is 155 Å². The quantitative estimate of drug-likeness (QED) is 0.798. The fourth-order valence-electron chi connectivity index (χ4n) is 3.75. The summed E-state index contributed by atoms with van der Waals surface area (Å²) in [5.41, 5.74) is 4.74. The van der Waals surface area contributed by atoms with Gasteiger partial charge in [-0.05, 0) is 64.2 Å². The van der Waals surface area contributed by atoms with Crippen LogP contribution < -0.4 is 10.5 Å². The number of carbonyl (C=O) groups is 1. The van der Waals surface area contributed by atoms with Crippen molar-refractivity contribution in [3.8, 4) is 5.88 Å². The number of aromatic nitrogens is 1. The van der Waals surface area contributed by atoms with Crippen LogP contribution in [-0.2, 0) is 9.53 Å². The summed E-state index contributed by atoms with van der Waals surface area (Å²) in [5, 5.41) is 0. The third kappa shape index (κ3) is 3.95. The number of nitrogens with zero attached hydrogens (tertiary/aromatic N) is 1. The van der Waals surface area contributed by atoms with Gasteiger partial charge in [-0.3, -0.25) is 4.79 Å². The average molecular weight is 384 g/mol. The number of hydrogen-bond acceptors (Lipinski definition) is 5. The largest absolute Gasteiger partial charge is 0.574 e. The number of carbonyl (C=O) groups excluding carboxylic acids is 1. The van der Waals surface area contributed by atoms with Gasteiger partial charge in [0.15, 0.2) is 0 Å². The lowest BCUT2D eigenvalue weighted by molar-refractivity contribution is -0.276. The van der Waals surface area contributed by atoms with Crippen LogP contribution >= 0.6 is 0 Å². The van der Waals surface area contributed by atoms with Crippen LogP contribution in [0.15, 0.2) is 24.4 Å². The number of esters is 1. The molecule has 4 rings (SSSR count). The van der Waals surface area contributed by atoms with Crippen LogP contribution in [-0.4, -0.2) is 28.5 Å². The maximum Gasteiger partial charge on any atom is 0.574 e. The molecule has 0 spiro atoms. The topological polar surface area (TPSA) is 74.4 Å². The van der Waals surface area contributed by atoms with Crippen molar-refractivity contribution in [2.75, 3.05) is 0 Å². The molecule has 0 aromatic carbocycles. The lowest BCUT2D eigenvalue weighted by Gasteiger charge is -2.49. The predicted octanol–water partition coefficient (Wildman–Crippen LogP) is 3.98. The molecule has 0 radical (unpaired) electrons. The van der Waals surface area contributed by atoms with Crippen molar-refractivity contribution in [2.24, 2.45) is 11.1 Å². The molecule has 1 fully saturated rings. The molecule has 1 aromatic rings. The number of alkyl halides is 3. The van der Waals surface area contributed by atoms with Gasteiger partial charge in [-0.2, -0.15) is 0 Å². The summed E-state index contributed by atoms with van der Waals surface area (Å²) in [4.78, 5) is 16.6. The molecule has 27 heavy (non-hydrogen) atoms. The smallest absolute Gasteiger partial charge is 0.459 e. The molecule has 5 nitrogen and oxygen atoms in total. The van der Waals surface area contributed by atoms with Gasteiger partial charge in [-0.1, -0.05) is 6.08 Å². The molecular weight excluding hydrogens is 361 g/mol. The second kappa shape index (κ2) is 6.22. The first-order chi connectivity index (χ1) is 12.3. The van der Waals surface area contributed by atoms with E-state index >= 15 is 0 Å². The van der Waals surface area contributed by atoms with Crippen LogP contribution in [0.25, 0.3) is 5.57 Å². The van der Waals surface area contributed by atoms with Gasteiger partial charge in [-0.15, -0.1) is 13.2 Å². The van der Waals surface area contributed by atoms with Gasteiger partial charge in [0.1, 0.15) is 5.60 Å². The Hall–Kier alpha value is -2.09. The Morgan fingerprint density at radius 3 is 2.37 bits per heavy atom. The van der Waals surface area contributed by atoms with E-state index in [9.17, 15) is 18.0 Å². The number of nitrogens with two attached hydrogens (primary N) is 1. The highest BCUT2D eigenvalue weighted by molar-refractivity contribution is 5.88. The highest BCUT2D eigenvalue weighted by Crippen LogP contribution is 2.54. The summed E-state index contributed by atoms with van der Waals surface area (Å²) in [7, 11) is 0. The van der Waals surface area contributed by atoms with E-state index in [1.807, 2.05) is 0 Å². The number of pyridine rings is 1. The molecule has 0 atom stereocenters. The van der Waals surface area contributed by atoms with E-state index in [2.05, 4.69) is 9.72 Å². The first kappa shape index (κ1) is 19.7. The summed E-state index contributed by atoms with van der Waals surface area (Å²) >= 11 is 0. The number of fused-ring (bicyclic) bond motifs is 2. The summed E-state index contributed by atoms with van der Waals surface area (Å²) < 4.78 is 48.0. The molecule has 8 heteroatoms. The zero-order valence-corrected chi connectivity index (χ0v) is 15.5. The Balaban J connectivity index is 2.05. The van der Waals surface area contributed by atoms with E-state index in [0.717, 1.165) is 0 Å². The summed E-state index contributed by atoms with van der Waals surface area (Å²) in [5.74, 6) is -0.940. The third-order valence-corrected chi connectivity index (χ3v) is 5.07. The summed E-state index contributed by atoms with van der Waals surface area (Å²) in [6.45, 7) is 5.34.